The van der Waals surface area contributed by atoms with E-state index in [2.05, 4.69) is 194 Å². The second-order valence-electron chi connectivity index (χ2n) is 12.4. The molecule has 8 aromatic carbocycles. The molecule has 0 aliphatic heterocycles. The van der Waals surface area contributed by atoms with Gasteiger partial charge in [-0.05, 0) is 48.5 Å². The fourth-order valence-corrected chi connectivity index (χ4v) is 11.1. The number of thiophene rings is 4. The van der Waals surface area contributed by atoms with Crippen LogP contribution in [0.3, 0.4) is 0 Å². The molecule has 0 saturated carbocycles. The van der Waals surface area contributed by atoms with Gasteiger partial charge in [0.15, 0.2) is 0 Å². The third-order valence-corrected chi connectivity index (χ3v) is 13.7. The van der Waals surface area contributed by atoms with Crippen LogP contribution in [-0.4, -0.2) is 0 Å². The highest BCUT2D eigenvalue weighted by Crippen LogP contribution is 2.36. The Kier molecular flexibility index (Phi) is 10.3. The average molecular weight is 753 g/mol. The maximum Gasteiger partial charge on any atom is 0.0355 e. The van der Waals surface area contributed by atoms with Crippen LogP contribution in [0.25, 0.3) is 80.7 Å². The van der Waals surface area contributed by atoms with E-state index in [-0.39, 0.29) is 7.43 Å². The van der Waals surface area contributed by atoms with E-state index in [4.69, 9.17) is 0 Å². The first-order valence-corrected chi connectivity index (χ1v) is 20.5. The highest BCUT2D eigenvalue weighted by Gasteiger charge is 2.04. The molecule has 0 radical (unpaired) electrons. The number of hydrogen-bond donors (Lipinski definition) is 0. The van der Waals surface area contributed by atoms with Gasteiger partial charge in [0.2, 0.25) is 0 Å². The Hall–Kier alpha value is -5.36. The van der Waals surface area contributed by atoms with Crippen molar-refractivity contribution in [2.45, 2.75) is 7.43 Å². The zero-order chi connectivity index (χ0) is 34.7. The Morgan fingerprint density at radius 3 is 0.415 bits per heavy atom. The van der Waals surface area contributed by atoms with Crippen molar-refractivity contribution in [3.8, 4) is 0 Å². The lowest BCUT2D eigenvalue weighted by atomic mass is 10.2. The van der Waals surface area contributed by atoms with Gasteiger partial charge in [0.05, 0.1) is 0 Å². The molecule has 0 atom stereocenters. The second kappa shape index (κ2) is 15.7. The minimum Gasteiger partial charge on any atom is -0.135 e. The van der Waals surface area contributed by atoms with Gasteiger partial charge in [-0.15, -0.1) is 45.3 Å². The molecule has 0 saturated heterocycles. The lowest BCUT2D eigenvalue weighted by molar-refractivity contribution is 1.84. The fourth-order valence-electron chi connectivity index (χ4n) is 6.70. The molecule has 4 heteroatoms. The highest BCUT2D eigenvalue weighted by molar-refractivity contribution is 7.27. The van der Waals surface area contributed by atoms with Gasteiger partial charge < -0.3 is 0 Å². The molecule has 0 aliphatic rings. The molecule has 4 aromatic heterocycles. The van der Waals surface area contributed by atoms with Gasteiger partial charge in [-0.3, -0.25) is 0 Å². The molecule has 0 bridgehead atoms. The summed E-state index contributed by atoms with van der Waals surface area (Å²) < 4.78 is 11.0. The molecule has 12 rings (SSSR count). The summed E-state index contributed by atoms with van der Waals surface area (Å²) in [6, 6.07) is 68.5. The van der Waals surface area contributed by atoms with Crippen LogP contribution in [0.15, 0.2) is 194 Å². The summed E-state index contributed by atoms with van der Waals surface area (Å²) >= 11 is 7.45. The SMILES string of the molecule is C.c1ccc2c(c1)sc1ccccc12.c1ccc2c(c1)sc1ccccc12.c1ccc2c(c1)sc1ccccc12.c1ccc2c(c1)sc1ccccc12. The van der Waals surface area contributed by atoms with Crippen molar-refractivity contribution in [2.75, 3.05) is 0 Å². The topological polar surface area (TPSA) is 0 Å². The number of fused-ring (bicyclic) bond motifs is 12. The molecular formula is C49H36S4. The van der Waals surface area contributed by atoms with Crippen molar-refractivity contribution in [3.05, 3.63) is 194 Å². The van der Waals surface area contributed by atoms with E-state index in [0.29, 0.717) is 0 Å². The van der Waals surface area contributed by atoms with Gasteiger partial charge in [0.25, 0.3) is 0 Å². The molecule has 0 aliphatic carbocycles. The molecule has 0 nitrogen and oxygen atoms in total. The Bertz CT molecular complexity index is 2470. The normalized spacial score (nSPS) is 10.9. The van der Waals surface area contributed by atoms with Crippen molar-refractivity contribution in [1.82, 2.24) is 0 Å². The van der Waals surface area contributed by atoms with E-state index in [1.54, 1.807) is 0 Å². The summed E-state index contributed by atoms with van der Waals surface area (Å²) in [5.74, 6) is 0. The van der Waals surface area contributed by atoms with Crippen LogP contribution in [0.4, 0.5) is 0 Å². The minimum atomic E-state index is 0. The molecule has 256 valence electrons. The first kappa shape index (κ1) is 34.7. The predicted octanol–water partition coefficient (Wildman–Crippen LogP) is 16.9. The minimum absolute atomic E-state index is 0. The van der Waals surface area contributed by atoms with Crippen LogP contribution >= 0.6 is 45.3 Å². The molecule has 0 amide bonds. The Balaban J connectivity index is 0.0000001000. The summed E-state index contributed by atoms with van der Waals surface area (Å²) in [5.41, 5.74) is 0. The Morgan fingerprint density at radius 1 is 0.170 bits per heavy atom. The Morgan fingerprint density at radius 2 is 0.283 bits per heavy atom. The van der Waals surface area contributed by atoms with E-state index in [1.165, 1.54) is 80.7 Å². The zero-order valence-corrected chi connectivity index (χ0v) is 31.4. The molecule has 4 heterocycles. The zero-order valence-electron chi connectivity index (χ0n) is 28.1. The van der Waals surface area contributed by atoms with Crippen molar-refractivity contribution in [1.29, 1.82) is 0 Å². The van der Waals surface area contributed by atoms with Gasteiger partial charge in [-0.25, -0.2) is 0 Å². The first-order chi connectivity index (χ1) is 25.8. The van der Waals surface area contributed by atoms with Crippen molar-refractivity contribution >= 4 is 126 Å². The third-order valence-electron chi connectivity index (χ3n) is 9.14. The van der Waals surface area contributed by atoms with E-state index < -0.39 is 0 Å². The first-order valence-electron chi connectivity index (χ1n) is 17.3. The fraction of sp³-hybridized carbons (Fsp3) is 0.0204. The molecule has 53 heavy (non-hydrogen) atoms. The summed E-state index contributed by atoms with van der Waals surface area (Å²) in [5, 5.41) is 11.0. The molecular weight excluding hydrogens is 717 g/mol. The van der Waals surface area contributed by atoms with Crippen LogP contribution in [0.2, 0.25) is 0 Å². The lowest BCUT2D eigenvalue weighted by Gasteiger charge is -1.88. The monoisotopic (exact) mass is 752 g/mol. The quantitative estimate of drug-likeness (QED) is 0.145. The maximum absolute atomic E-state index is 2.19. The predicted molar refractivity (Wildman–Crippen MR) is 244 cm³/mol. The van der Waals surface area contributed by atoms with E-state index in [1.807, 2.05) is 45.3 Å². The number of rotatable bonds is 0. The van der Waals surface area contributed by atoms with Crippen molar-refractivity contribution < 1.29 is 0 Å². The number of hydrogen-bond acceptors (Lipinski definition) is 4. The van der Waals surface area contributed by atoms with Gasteiger partial charge in [-0.1, -0.05) is 153 Å². The Labute approximate surface area is 325 Å². The van der Waals surface area contributed by atoms with E-state index in [0.717, 1.165) is 0 Å². The van der Waals surface area contributed by atoms with Crippen molar-refractivity contribution in [2.24, 2.45) is 0 Å². The summed E-state index contributed by atoms with van der Waals surface area (Å²) in [6.45, 7) is 0. The van der Waals surface area contributed by atoms with Gasteiger partial charge in [0.1, 0.15) is 0 Å². The average Bonchev–Trinajstić information content (AvgIpc) is 3.98. The summed E-state index contributed by atoms with van der Waals surface area (Å²) in [6.07, 6.45) is 0. The van der Waals surface area contributed by atoms with E-state index >= 15 is 0 Å². The highest BCUT2D eigenvalue weighted by atomic mass is 32.1. The van der Waals surface area contributed by atoms with Crippen LogP contribution in [0, 0.1) is 0 Å². The van der Waals surface area contributed by atoms with Gasteiger partial charge in [-0.2, -0.15) is 0 Å². The third kappa shape index (κ3) is 7.07. The van der Waals surface area contributed by atoms with Crippen LogP contribution < -0.4 is 0 Å². The van der Waals surface area contributed by atoms with Gasteiger partial charge in [0, 0.05) is 80.7 Å². The largest absolute Gasteiger partial charge is 0.135 e. The van der Waals surface area contributed by atoms with Crippen molar-refractivity contribution in [3.63, 3.8) is 0 Å². The summed E-state index contributed by atoms with van der Waals surface area (Å²) in [4.78, 5) is 0. The molecule has 0 unspecified atom stereocenters. The van der Waals surface area contributed by atoms with Crippen LogP contribution in [0.5, 0.6) is 0 Å². The standard InChI is InChI=1S/4C12H8S.CH4/c4*1-3-7-11-9(5-1)10-6-2-4-8-12(10)13-11;/h4*1-8H;1H4. The second-order valence-corrected chi connectivity index (χ2v) is 16.7. The number of benzene rings is 8. The molecule has 0 spiro atoms. The lowest BCUT2D eigenvalue weighted by Crippen LogP contribution is -1.62. The molecule has 0 fully saturated rings. The molecule has 0 N–H and O–H groups in total. The van der Waals surface area contributed by atoms with E-state index in [9.17, 15) is 0 Å². The van der Waals surface area contributed by atoms with Crippen LogP contribution in [-0.2, 0) is 0 Å². The summed E-state index contributed by atoms with van der Waals surface area (Å²) in [7, 11) is 0. The molecule has 12 aromatic rings. The maximum atomic E-state index is 2.19. The smallest absolute Gasteiger partial charge is 0.0355 e. The van der Waals surface area contributed by atoms with Gasteiger partial charge >= 0.3 is 0 Å². The van der Waals surface area contributed by atoms with Crippen LogP contribution in [0.1, 0.15) is 7.43 Å².